The number of nitrogens with zero attached hydrogens (tertiary/aromatic N) is 1. The van der Waals surface area contributed by atoms with E-state index in [4.69, 9.17) is 11.5 Å². The van der Waals surface area contributed by atoms with Crippen LogP contribution < -0.4 is 27.4 Å². The minimum Gasteiger partial charge on any atom is -0.368 e. The van der Waals surface area contributed by atoms with Gasteiger partial charge in [-0.05, 0) is 25.7 Å². The van der Waals surface area contributed by atoms with Crippen LogP contribution in [0.15, 0.2) is 0 Å². The second-order valence-corrected chi connectivity index (χ2v) is 7.09. The van der Waals surface area contributed by atoms with E-state index >= 15 is 0 Å². The number of primary amides is 1. The van der Waals surface area contributed by atoms with Gasteiger partial charge >= 0.3 is 0 Å². The minimum atomic E-state index is -0.873. The van der Waals surface area contributed by atoms with Crippen LogP contribution in [0.25, 0.3) is 0 Å². The molecule has 7 N–H and O–H groups in total. The van der Waals surface area contributed by atoms with E-state index in [-0.39, 0.29) is 19.0 Å². The number of likely N-dealkylation sites (tertiary alicyclic amines) is 1. The van der Waals surface area contributed by atoms with Gasteiger partial charge in [0.15, 0.2) is 0 Å². The largest absolute Gasteiger partial charge is 0.368 e. The molecule has 1 rings (SSSR count). The van der Waals surface area contributed by atoms with E-state index in [0.29, 0.717) is 19.4 Å². The van der Waals surface area contributed by atoms with E-state index in [2.05, 4.69) is 16.0 Å². The van der Waals surface area contributed by atoms with Crippen molar-refractivity contribution in [3.8, 4) is 0 Å². The highest BCUT2D eigenvalue weighted by Gasteiger charge is 2.35. The number of rotatable bonds is 9. The Morgan fingerprint density at radius 3 is 2.25 bits per heavy atom. The molecule has 0 aromatic rings. The predicted octanol–water partition coefficient (Wildman–Crippen LogP) is -2.82. The predicted molar refractivity (Wildman–Crippen MR) is 100 cm³/mol. The molecule has 0 unspecified atom stereocenters. The van der Waals surface area contributed by atoms with Crippen LogP contribution >= 0.6 is 0 Å². The first-order valence-corrected chi connectivity index (χ1v) is 9.24. The third-order valence-electron chi connectivity index (χ3n) is 4.49. The van der Waals surface area contributed by atoms with Crippen LogP contribution in [0.2, 0.25) is 0 Å². The lowest BCUT2D eigenvalue weighted by Gasteiger charge is -2.26. The van der Waals surface area contributed by atoms with Gasteiger partial charge in [-0.15, -0.1) is 0 Å². The van der Waals surface area contributed by atoms with Crippen LogP contribution in [-0.2, 0) is 24.0 Å². The summed E-state index contributed by atoms with van der Waals surface area (Å²) in [6.45, 7) is 4.77. The molecule has 0 aromatic heterocycles. The van der Waals surface area contributed by atoms with Crippen molar-refractivity contribution in [2.24, 2.45) is 17.4 Å². The zero-order valence-corrected chi connectivity index (χ0v) is 16.5. The van der Waals surface area contributed by atoms with Crippen LogP contribution in [0.1, 0.15) is 33.6 Å². The van der Waals surface area contributed by atoms with E-state index in [1.807, 2.05) is 0 Å². The number of nitrogens with two attached hydrogens (primary N) is 2. The number of hydrogen-bond donors (Lipinski definition) is 5. The Kier molecular flexibility index (Phi) is 8.83. The summed E-state index contributed by atoms with van der Waals surface area (Å²) in [6.07, 6.45) is 1.17. The molecule has 0 radical (unpaired) electrons. The second kappa shape index (κ2) is 10.6. The van der Waals surface area contributed by atoms with Gasteiger partial charge in [-0.1, -0.05) is 13.8 Å². The maximum Gasteiger partial charge on any atom is 0.245 e. The van der Waals surface area contributed by atoms with E-state index in [9.17, 15) is 24.0 Å². The van der Waals surface area contributed by atoms with Crippen molar-refractivity contribution in [3.05, 3.63) is 0 Å². The fourth-order valence-corrected chi connectivity index (χ4v) is 2.97. The molecular formula is C17H30N6O5. The maximum absolute atomic E-state index is 12.4. The van der Waals surface area contributed by atoms with Crippen LogP contribution in [0.4, 0.5) is 0 Å². The molecule has 5 amide bonds. The molecule has 0 aromatic carbocycles. The first-order chi connectivity index (χ1) is 13.1. The monoisotopic (exact) mass is 398 g/mol. The van der Waals surface area contributed by atoms with Gasteiger partial charge in [0.2, 0.25) is 29.5 Å². The highest BCUT2D eigenvalue weighted by atomic mass is 16.2. The molecule has 158 valence electrons. The van der Waals surface area contributed by atoms with E-state index in [0.717, 1.165) is 0 Å². The van der Waals surface area contributed by atoms with Crippen molar-refractivity contribution >= 4 is 29.5 Å². The summed E-state index contributed by atoms with van der Waals surface area (Å²) in [6, 6.07) is -2.37. The van der Waals surface area contributed by atoms with Gasteiger partial charge in [-0.25, -0.2) is 0 Å². The van der Waals surface area contributed by atoms with Gasteiger partial charge < -0.3 is 32.3 Å². The summed E-state index contributed by atoms with van der Waals surface area (Å²) >= 11 is 0. The fraction of sp³-hybridized carbons (Fsp3) is 0.706. The van der Waals surface area contributed by atoms with E-state index < -0.39 is 47.7 Å². The standard InChI is InChI=1S/C17H30N6O5/c1-9(2)14(22-12(24)7-18)16(27)20-8-13(25)21-10(3)17(28)23-6-4-5-11(23)15(19)26/h9-11,14H,4-8,18H2,1-3H3,(H2,19,26)(H,20,27)(H,21,25)(H,22,24)/t10-,11-,14-/m0/s1. The van der Waals surface area contributed by atoms with Crippen LogP contribution in [0, 0.1) is 5.92 Å². The lowest BCUT2D eigenvalue weighted by atomic mass is 10.0. The first-order valence-electron chi connectivity index (χ1n) is 9.24. The normalized spacial score (nSPS) is 18.3. The Morgan fingerprint density at radius 2 is 1.71 bits per heavy atom. The summed E-state index contributed by atoms with van der Waals surface area (Å²) in [5.41, 5.74) is 10.5. The molecule has 0 spiro atoms. The van der Waals surface area contributed by atoms with Gasteiger partial charge in [0, 0.05) is 6.54 Å². The molecule has 3 atom stereocenters. The molecule has 1 aliphatic rings. The molecule has 0 bridgehead atoms. The van der Waals surface area contributed by atoms with Crippen molar-refractivity contribution in [2.45, 2.75) is 51.7 Å². The number of carbonyl (C=O) groups is 5. The molecule has 28 heavy (non-hydrogen) atoms. The Labute approximate surface area is 163 Å². The SMILES string of the molecule is CC(C)[C@H](NC(=O)CN)C(=O)NCC(=O)N[C@@H](C)C(=O)N1CCC[C@H]1C(N)=O. The van der Waals surface area contributed by atoms with E-state index in [1.54, 1.807) is 13.8 Å². The lowest BCUT2D eigenvalue weighted by Crippen LogP contribution is -2.55. The van der Waals surface area contributed by atoms with Crippen LogP contribution in [0.3, 0.4) is 0 Å². The number of hydrogen-bond acceptors (Lipinski definition) is 6. The summed E-state index contributed by atoms with van der Waals surface area (Å²) in [5.74, 6) is -2.77. The van der Waals surface area contributed by atoms with Crippen molar-refractivity contribution in [1.29, 1.82) is 0 Å². The molecular weight excluding hydrogens is 368 g/mol. The topological polar surface area (TPSA) is 177 Å². The first kappa shape index (κ1) is 23.3. The Morgan fingerprint density at radius 1 is 1.07 bits per heavy atom. The lowest BCUT2D eigenvalue weighted by molar-refractivity contribution is -0.140. The quantitative estimate of drug-likeness (QED) is 0.280. The number of amides is 5. The average molecular weight is 398 g/mol. The number of carbonyl (C=O) groups excluding carboxylic acids is 5. The summed E-state index contributed by atoms with van der Waals surface area (Å²) in [4.78, 5) is 60.9. The fourth-order valence-electron chi connectivity index (χ4n) is 2.97. The molecule has 1 saturated heterocycles. The van der Waals surface area contributed by atoms with Crippen LogP contribution in [0.5, 0.6) is 0 Å². The van der Waals surface area contributed by atoms with E-state index in [1.165, 1.54) is 11.8 Å². The van der Waals surface area contributed by atoms with Crippen molar-refractivity contribution in [2.75, 3.05) is 19.6 Å². The van der Waals surface area contributed by atoms with Crippen molar-refractivity contribution in [3.63, 3.8) is 0 Å². The summed E-state index contributed by atoms with van der Waals surface area (Å²) in [5, 5.41) is 7.40. The van der Waals surface area contributed by atoms with Crippen molar-refractivity contribution in [1.82, 2.24) is 20.9 Å². The molecule has 0 aliphatic carbocycles. The molecule has 11 heteroatoms. The third-order valence-corrected chi connectivity index (χ3v) is 4.49. The summed E-state index contributed by atoms with van der Waals surface area (Å²) in [7, 11) is 0. The molecule has 1 fully saturated rings. The highest BCUT2D eigenvalue weighted by molar-refractivity contribution is 5.94. The van der Waals surface area contributed by atoms with Gasteiger partial charge in [-0.3, -0.25) is 24.0 Å². The zero-order chi connectivity index (χ0) is 21.4. The second-order valence-electron chi connectivity index (χ2n) is 7.09. The summed E-state index contributed by atoms with van der Waals surface area (Å²) < 4.78 is 0. The highest BCUT2D eigenvalue weighted by Crippen LogP contribution is 2.17. The van der Waals surface area contributed by atoms with Gasteiger partial charge in [0.05, 0.1) is 13.1 Å². The smallest absolute Gasteiger partial charge is 0.245 e. The zero-order valence-electron chi connectivity index (χ0n) is 16.5. The average Bonchev–Trinajstić information content (AvgIpc) is 3.12. The molecule has 0 saturated carbocycles. The Hall–Kier alpha value is -2.69. The van der Waals surface area contributed by atoms with Gasteiger partial charge in [0.1, 0.15) is 18.1 Å². The number of nitrogens with one attached hydrogen (secondary N) is 3. The molecule has 1 heterocycles. The minimum absolute atomic E-state index is 0.208. The molecule has 11 nitrogen and oxygen atoms in total. The molecule has 1 aliphatic heterocycles. The Balaban J connectivity index is 2.54. The van der Waals surface area contributed by atoms with Crippen molar-refractivity contribution < 1.29 is 24.0 Å². The Bertz CT molecular complexity index is 623. The maximum atomic E-state index is 12.4. The third kappa shape index (κ3) is 6.48. The van der Waals surface area contributed by atoms with Gasteiger partial charge in [-0.2, -0.15) is 0 Å². The van der Waals surface area contributed by atoms with Crippen LogP contribution in [-0.4, -0.2) is 72.2 Å². The van der Waals surface area contributed by atoms with Gasteiger partial charge in [0.25, 0.3) is 0 Å².